The van der Waals surface area contributed by atoms with Crippen LogP contribution in [-0.2, 0) is 22.3 Å². The maximum atomic E-state index is 12.7. The van der Waals surface area contributed by atoms with Crippen molar-refractivity contribution in [3.05, 3.63) is 71.8 Å². The fraction of sp³-hybridized carbons (Fsp3) is 0.368. The van der Waals surface area contributed by atoms with Gasteiger partial charge in [-0.05, 0) is 24.1 Å². The van der Waals surface area contributed by atoms with E-state index in [4.69, 9.17) is 0 Å². The van der Waals surface area contributed by atoms with Gasteiger partial charge in [0, 0.05) is 26.2 Å². The molecule has 0 N–H and O–H groups in total. The van der Waals surface area contributed by atoms with Crippen LogP contribution in [0.5, 0.6) is 0 Å². The molecule has 1 aliphatic rings. The summed E-state index contributed by atoms with van der Waals surface area (Å²) in [6, 6.07) is 19.8. The summed E-state index contributed by atoms with van der Waals surface area (Å²) in [5.74, 6) is 0.0898. The first kappa shape index (κ1) is 17.1. The molecule has 0 aliphatic carbocycles. The van der Waals surface area contributed by atoms with Crippen LogP contribution < -0.4 is 0 Å². The van der Waals surface area contributed by atoms with E-state index < -0.39 is 10.0 Å². The molecule has 0 amide bonds. The van der Waals surface area contributed by atoms with Crippen molar-refractivity contribution in [2.45, 2.75) is 18.7 Å². The molecule has 1 saturated heterocycles. The number of benzene rings is 2. The summed E-state index contributed by atoms with van der Waals surface area (Å²) >= 11 is 0. The van der Waals surface area contributed by atoms with E-state index >= 15 is 0 Å². The minimum Gasteiger partial charge on any atom is -0.298 e. The molecule has 0 spiro atoms. The summed E-state index contributed by atoms with van der Waals surface area (Å²) in [6.45, 7) is 3.78. The van der Waals surface area contributed by atoms with Crippen molar-refractivity contribution in [3.63, 3.8) is 0 Å². The minimum atomic E-state index is -3.25. The zero-order valence-corrected chi connectivity index (χ0v) is 14.7. The summed E-state index contributed by atoms with van der Waals surface area (Å²) < 4.78 is 27.0. The van der Waals surface area contributed by atoms with Gasteiger partial charge in [0.15, 0.2) is 0 Å². The zero-order chi connectivity index (χ0) is 16.8. The maximum Gasteiger partial charge on any atom is 0.218 e. The molecule has 24 heavy (non-hydrogen) atoms. The van der Waals surface area contributed by atoms with Gasteiger partial charge >= 0.3 is 0 Å². The van der Waals surface area contributed by atoms with E-state index in [2.05, 4.69) is 17.0 Å². The van der Waals surface area contributed by atoms with Crippen molar-refractivity contribution >= 4 is 10.0 Å². The van der Waals surface area contributed by atoms with Gasteiger partial charge in [-0.3, -0.25) is 4.90 Å². The van der Waals surface area contributed by atoms with Gasteiger partial charge in [0.25, 0.3) is 0 Å². The van der Waals surface area contributed by atoms with Gasteiger partial charge in [-0.25, -0.2) is 12.7 Å². The lowest BCUT2D eigenvalue weighted by Gasteiger charge is -2.22. The van der Waals surface area contributed by atoms with E-state index in [1.54, 1.807) is 4.31 Å². The molecular formula is C19H24N2O2S. The molecule has 2 aromatic rings. The van der Waals surface area contributed by atoms with Gasteiger partial charge < -0.3 is 0 Å². The highest BCUT2D eigenvalue weighted by molar-refractivity contribution is 7.88. The van der Waals surface area contributed by atoms with E-state index in [-0.39, 0.29) is 5.75 Å². The minimum absolute atomic E-state index is 0.0898. The second-order valence-corrected chi connectivity index (χ2v) is 8.23. The monoisotopic (exact) mass is 344 g/mol. The van der Waals surface area contributed by atoms with Crippen LogP contribution in [0.1, 0.15) is 17.5 Å². The molecule has 128 valence electrons. The second kappa shape index (κ2) is 7.92. The molecule has 0 atom stereocenters. The van der Waals surface area contributed by atoms with Crippen LogP contribution in [0, 0.1) is 0 Å². The van der Waals surface area contributed by atoms with Crippen LogP contribution in [0.25, 0.3) is 0 Å². The van der Waals surface area contributed by atoms with Crippen molar-refractivity contribution in [3.8, 4) is 0 Å². The SMILES string of the molecule is O=S(=O)(Cc1ccccc1)N1CCCN(Cc2ccccc2)CC1. The summed E-state index contributed by atoms with van der Waals surface area (Å²) in [7, 11) is -3.25. The molecular weight excluding hydrogens is 320 g/mol. The average Bonchev–Trinajstić information content (AvgIpc) is 2.82. The smallest absolute Gasteiger partial charge is 0.218 e. The van der Waals surface area contributed by atoms with Gasteiger partial charge in [-0.2, -0.15) is 0 Å². The summed E-state index contributed by atoms with van der Waals surface area (Å²) in [5.41, 5.74) is 2.13. The number of rotatable bonds is 5. The summed E-state index contributed by atoms with van der Waals surface area (Å²) in [4.78, 5) is 2.34. The Kier molecular flexibility index (Phi) is 5.66. The van der Waals surface area contributed by atoms with Crippen LogP contribution in [0.4, 0.5) is 0 Å². The summed E-state index contributed by atoms with van der Waals surface area (Å²) in [5, 5.41) is 0. The van der Waals surface area contributed by atoms with E-state index in [0.717, 1.165) is 31.6 Å². The number of nitrogens with zero attached hydrogens (tertiary/aromatic N) is 2. The molecule has 0 radical (unpaired) electrons. The third kappa shape index (κ3) is 4.66. The lowest BCUT2D eigenvalue weighted by Crippen LogP contribution is -2.35. The van der Waals surface area contributed by atoms with Crippen molar-refractivity contribution in [2.24, 2.45) is 0 Å². The number of sulfonamides is 1. The zero-order valence-electron chi connectivity index (χ0n) is 13.8. The molecule has 0 unspecified atom stereocenters. The lowest BCUT2D eigenvalue weighted by molar-refractivity contribution is 0.278. The molecule has 0 saturated carbocycles. The Balaban J connectivity index is 1.60. The second-order valence-electron chi connectivity index (χ2n) is 6.26. The predicted molar refractivity (Wildman–Crippen MR) is 97.0 cm³/mol. The van der Waals surface area contributed by atoms with Gasteiger partial charge in [0.05, 0.1) is 5.75 Å². The Morgan fingerprint density at radius 3 is 2.04 bits per heavy atom. The molecule has 1 heterocycles. The predicted octanol–water partition coefficient (Wildman–Crippen LogP) is 2.72. The van der Waals surface area contributed by atoms with E-state index in [9.17, 15) is 8.42 Å². The quantitative estimate of drug-likeness (QED) is 0.837. The Morgan fingerprint density at radius 1 is 0.750 bits per heavy atom. The molecule has 0 aromatic heterocycles. The van der Waals surface area contributed by atoms with Crippen LogP contribution in [0.3, 0.4) is 0 Å². The maximum absolute atomic E-state index is 12.7. The average molecular weight is 344 g/mol. The first-order valence-corrected chi connectivity index (χ1v) is 10.0. The fourth-order valence-electron chi connectivity index (χ4n) is 3.10. The molecule has 4 nitrogen and oxygen atoms in total. The Bertz CT molecular complexity index is 732. The molecule has 1 fully saturated rings. The van der Waals surface area contributed by atoms with Crippen LogP contribution in [0.15, 0.2) is 60.7 Å². The number of hydrogen-bond acceptors (Lipinski definition) is 3. The third-order valence-electron chi connectivity index (χ3n) is 4.38. The topological polar surface area (TPSA) is 40.6 Å². The molecule has 3 rings (SSSR count). The van der Waals surface area contributed by atoms with Gasteiger partial charge in [-0.1, -0.05) is 60.7 Å². The van der Waals surface area contributed by atoms with Crippen LogP contribution >= 0.6 is 0 Å². The fourth-order valence-corrected chi connectivity index (χ4v) is 4.66. The molecule has 5 heteroatoms. The van der Waals surface area contributed by atoms with Crippen molar-refractivity contribution in [2.75, 3.05) is 26.2 Å². The Hall–Kier alpha value is -1.69. The van der Waals surface area contributed by atoms with Crippen molar-refractivity contribution < 1.29 is 8.42 Å². The van der Waals surface area contributed by atoms with Crippen LogP contribution in [0.2, 0.25) is 0 Å². The Labute approximate surface area is 144 Å². The van der Waals surface area contributed by atoms with Crippen LogP contribution in [-0.4, -0.2) is 43.8 Å². The van der Waals surface area contributed by atoms with Gasteiger partial charge in [0.1, 0.15) is 0 Å². The Morgan fingerprint density at radius 2 is 1.38 bits per heavy atom. The highest BCUT2D eigenvalue weighted by atomic mass is 32.2. The molecule has 0 bridgehead atoms. The van der Waals surface area contributed by atoms with Crippen molar-refractivity contribution in [1.29, 1.82) is 0 Å². The highest BCUT2D eigenvalue weighted by Gasteiger charge is 2.25. The largest absolute Gasteiger partial charge is 0.298 e. The van der Waals surface area contributed by atoms with E-state index in [1.807, 2.05) is 48.5 Å². The third-order valence-corrected chi connectivity index (χ3v) is 6.23. The molecule has 2 aromatic carbocycles. The lowest BCUT2D eigenvalue weighted by atomic mass is 10.2. The van der Waals surface area contributed by atoms with Crippen molar-refractivity contribution in [1.82, 2.24) is 9.21 Å². The first-order valence-electron chi connectivity index (χ1n) is 8.41. The van der Waals surface area contributed by atoms with Gasteiger partial charge in [-0.15, -0.1) is 0 Å². The normalized spacial score (nSPS) is 17.5. The number of hydrogen-bond donors (Lipinski definition) is 0. The van der Waals surface area contributed by atoms with Gasteiger partial charge in [0.2, 0.25) is 10.0 Å². The van der Waals surface area contributed by atoms with E-state index in [0.29, 0.717) is 13.1 Å². The highest BCUT2D eigenvalue weighted by Crippen LogP contribution is 2.15. The summed E-state index contributed by atoms with van der Waals surface area (Å²) in [6.07, 6.45) is 0.876. The standard InChI is InChI=1S/C19H24N2O2S/c22-24(23,17-19-10-5-2-6-11-19)21-13-7-12-20(14-15-21)16-18-8-3-1-4-9-18/h1-6,8-11H,7,12-17H2. The first-order chi connectivity index (χ1) is 11.6. The molecule has 1 aliphatic heterocycles. The van der Waals surface area contributed by atoms with E-state index in [1.165, 1.54) is 5.56 Å².